The van der Waals surface area contributed by atoms with Gasteiger partial charge >= 0.3 is 7.12 Å². The third-order valence-corrected chi connectivity index (χ3v) is 6.07. The predicted octanol–water partition coefficient (Wildman–Crippen LogP) is 2.92. The van der Waals surface area contributed by atoms with E-state index < -0.39 is 24.2 Å². The van der Waals surface area contributed by atoms with Crippen LogP contribution in [0.5, 0.6) is 0 Å². The monoisotopic (exact) mass is 357 g/mol. The number of alkyl halides is 2. The lowest BCUT2D eigenvalue weighted by molar-refractivity contribution is -0.0493. The zero-order valence-corrected chi connectivity index (χ0v) is 15.2. The topological polar surface area (TPSA) is 38.8 Å². The Morgan fingerprint density at radius 3 is 2.25 bits per heavy atom. The molecule has 2 aliphatic heterocycles. The average molecular weight is 357 g/mol. The zero-order valence-electron chi connectivity index (χ0n) is 14.4. The molecule has 0 bridgehead atoms. The van der Waals surface area contributed by atoms with Crippen molar-refractivity contribution in [3.05, 3.63) is 16.3 Å². The summed E-state index contributed by atoms with van der Waals surface area (Å²) < 4.78 is 38.4. The van der Waals surface area contributed by atoms with Crippen molar-refractivity contribution in [2.45, 2.75) is 57.7 Å². The maximum absolute atomic E-state index is 13.2. The van der Waals surface area contributed by atoms with E-state index in [4.69, 9.17) is 9.31 Å². The second kappa shape index (κ2) is 5.78. The Kier molecular flexibility index (Phi) is 4.29. The summed E-state index contributed by atoms with van der Waals surface area (Å²) >= 11 is 1.30. The highest BCUT2D eigenvalue weighted by molar-refractivity contribution is 7.13. The molecule has 24 heavy (non-hydrogen) atoms. The molecule has 3 heterocycles. The molecule has 2 aliphatic rings. The van der Waals surface area contributed by atoms with Crippen LogP contribution in [0.25, 0.3) is 0 Å². The van der Waals surface area contributed by atoms with E-state index in [9.17, 15) is 13.6 Å². The number of hydrogen-bond donors (Lipinski definition) is 0. The molecule has 0 aliphatic carbocycles. The van der Waals surface area contributed by atoms with Crippen LogP contribution in [0.1, 0.15) is 50.2 Å². The van der Waals surface area contributed by atoms with Crippen LogP contribution in [0.15, 0.2) is 11.4 Å². The first kappa shape index (κ1) is 17.8. The second-order valence-electron chi connectivity index (χ2n) is 7.48. The highest BCUT2D eigenvalue weighted by Gasteiger charge is 2.52. The number of thiophene rings is 1. The van der Waals surface area contributed by atoms with E-state index in [2.05, 4.69) is 0 Å². The predicted molar refractivity (Wildman–Crippen MR) is 90.1 cm³/mol. The maximum Gasteiger partial charge on any atom is 0.495 e. The molecule has 0 N–H and O–H groups in total. The van der Waals surface area contributed by atoms with Crippen LogP contribution in [0, 0.1) is 0 Å². The van der Waals surface area contributed by atoms with Crippen molar-refractivity contribution in [1.29, 1.82) is 0 Å². The lowest BCUT2D eigenvalue weighted by atomic mass is 9.81. The Hall–Kier alpha value is -0.985. The highest BCUT2D eigenvalue weighted by atomic mass is 32.1. The van der Waals surface area contributed by atoms with Gasteiger partial charge in [-0.15, -0.1) is 11.3 Å². The van der Waals surface area contributed by atoms with E-state index in [0.717, 1.165) is 5.46 Å². The van der Waals surface area contributed by atoms with Crippen LogP contribution in [0.2, 0.25) is 0 Å². The zero-order chi connectivity index (χ0) is 17.8. The number of carbonyl (C=O) groups excluding carboxylic acids is 1. The second-order valence-corrected chi connectivity index (χ2v) is 8.39. The standard InChI is InChI=1S/C16H22BF2NO3S/c1-14(2)15(3,4)23-17(22-14)11-9-12(24-10-11)13(21)20-7-5-16(18,19)6-8-20/h9-10H,5-8H2,1-4H3. The fourth-order valence-electron chi connectivity index (χ4n) is 2.76. The Morgan fingerprint density at radius 2 is 1.71 bits per heavy atom. The van der Waals surface area contributed by atoms with Crippen LogP contribution >= 0.6 is 11.3 Å². The van der Waals surface area contributed by atoms with E-state index in [0.29, 0.717) is 4.88 Å². The average Bonchev–Trinajstić information content (AvgIpc) is 3.02. The number of hydrogen-bond acceptors (Lipinski definition) is 4. The van der Waals surface area contributed by atoms with Gasteiger partial charge in [0, 0.05) is 25.9 Å². The molecule has 0 aromatic carbocycles. The Balaban J connectivity index is 1.69. The van der Waals surface area contributed by atoms with Crippen LogP contribution < -0.4 is 5.46 Å². The van der Waals surface area contributed by atoms with Crippen LogP contribution in [0.4, 0.5) is 8.78 Å². The molecule has 8 heteroatoms. The smallest absolute Gasteiger partial charge is 0.399 e. The van der Waals surface area contributed by atoms with E-state index in [1.807, 2.05) is 33.1 Å². The van der Waals surface area contributed by atoms with E-state index in [1.165, 1.54) is 16.2 Å². The minimum atomic E-state index is -2.65. The van der Waals surface area contributed by atoms with E-state index in [-0.39, 0.29) is 31.8 Å². The number of rotatable bonds is 2. The first-order valence-electron chi connectivity index (χ1n) is 8.12. The van der Waals surface area contributed by atoms with Gasteiger partial charge in [0.15, 0.2) is 0 Å². The van der Waals surface area contributed by atoms with Crippen molar-refractivity contribution in [3.8, 4) is 0 Å². The summed E-state index contributed by atoms with van der Waals surface area (Å²) in [6.07, 6.45) is -0.539. The Morgan fingerprint density at radius 1 is 1.17 bits per heavy atom. The Bertz CT molecular complexity index is 621. The van der Waals surface area contributed by atoms with E-state index in [1.54, 1.807) is 6.07 Å². The van der Waals surface area contributed by atoms with Gasteiger partial charge in [-0.2, -0.15) is 0 Å². The van der Waals surface area contributed by atoms with Gasteiger partial charge in [0.25, 0.3) is 11.8 Å². The summed E-state index contributed by atoms with van der Waals surface area (Å²) in [4.78, 5) is 14.5. The molecular formula is C16H22BF2NO3S. The molecule has 1 amide bonds. The summed E-state index contributed by atoms with van der Waals surface area (Å²) in [6, 6.07) is 1.75. The molecule has 0 spiro atoms. The van der Waals surface area contributed by atoms with Gasteiger partial charge in [-0.25, -0.2) is 8.78 Å². The largest absolute Gasteiger partial charge is 0.495 e. The van der Waals surface area contributed by atoms with Crippen LogP contribution in [0.3, 0.4) is 0 Å². The van der Waals surface area contributed by atoms with Gasteiger partial charge in [-0.05, 0) is 44.6 Å². The number of piperidine rings is 1. The number of amides is 1. The van der Waals surface area contributed by atoms with Crippen molar-refractivity contribution in [2.75, 3.05) is 13.1 Å². The molecule has 132 valence electrons. The van der Waals surface area contributed by atoms with E-state index >= 15 is 0 Å². The Labute approximate surface area is 145 Å². The van der Waals surface area contributed by atoms with Crippen molar-refractivity contribution < 1.29 is 22.9 Å². The molecule has 0 saturated carbocycles. The van der Waals surface area contributed by atoms with Gasteiger partial charge in [-0.3, -0.25) is 4.79 Å². The summed E-state index contributed by atoms with van der Waals surface area (Å²) in [6.45, 7) is 8.07. The summed E-state index contributed by atoms with van der Waals surface area (Å²) in [7, 11) is -0.515. The fraction of sp³-hybridized carbons (Fsp3) is 0.688. The quantitative estimate of drug-likeness (QED) is 0.764. The molecule has 0 unspecified atom stereocenters. The van der Waals surface area contributed by atoms with Crippen LogP contribution in [-0.2, 0) is 9.31 Å². The summed E-state index contributed by atoms with van der Waals surface area (Å²) in [5.41, 5.74) is -0.0888. The first-order chi connectivity index (χ1) is 11.0. The van der Waals surface area contributed by atoms with Gasteiger partial charge in [0.05, 0.1) is 16.1 Å². The molecule has 0 radical (unpaired) electrons. The lowest BCUT2D eigenvalue weighted by Gasteiger charge is -2.32. The lowest BCUT2D eigenvalue weighted by Crippen LogP contribution is -2.42. The summed E-state index contributed by atoms with van der Waals surface area (Å²) in [5, 5.41) is 1.84. The van der Waals surface area contributed by atoms with Gasteiger partial charge in [-0.1, -0.05) is 0 Å². The van der Waals surface area contributed by atoms with Gasteiger partial charge in [0.2, 0.25) is 0 Å². The third-order valence-electron chi connectivity index (χ3n) is 5.14. The molecule has 2 saturated heterocycles. The molecule has 2 fully saturated rings. The van der Waals surface area contributed by atoms with Gasteiger partial charge < -0.3 is 14.2 Å². The molecule has 1 aromatic rings. The molecule has 0 atom stereocenters. The number of halogens is 2. The summed E-state index contributed by atoms with van der Waals surface area (Å²) in [5.74, 6) is -2.85. The molecule has 3 rings (SSSR count). The maximum atomic E-state index is 13.2. The van der Waals surface area contributed by atoms with Crippen molar-refractivity contribution in [1.82, 2.24) is 4.90 Å². The molecule has 4 nitrogen and oxygen atoms in total. The number of carbonyl (C=O) groups is 1. The fourth-order valence-corrected chi connectivity index (χ4v) is 3.63. The van der Waals surface area contributed by atoms with Crippen molar-refractivity contribution in [2.24, 2.45) is 0 Å². The molecule has 1 aromatic heterocycles. The normalized spacial score (nSPS) is 25.1. The number of nitrogens with zero attached hydrogens (tertiary/aromatic N) is 1. The number of likely N-dealkylation sites (tertiary alicyclic amines) is 1. The van der Waals surface area contributed by atoms with Gasteiger partial charge in [0.1, 0.15) is 0 Å². The van der Waals surface area contributed by atoms with Crippen molar-refractivity contribution >= 4 is 29.8 Å². The minimum Gasteiger partial charge on any atom is -0.399 e. The minimum absolute atomic E-state index is 0.0928. The van der Waals surface area contributed by atoms with Crippen molar-refractivity contribution in [3.63, 3.8) is 0 Å². The third kappa shape index (κ3) is 3.23. The van der Waals surface area contributed by atoms with Crippen LogP contribution in [-0.4, -0.2) is 48.1 Å². The highest BCUT2D eigenvalue weighted by Crippen LogP contribution is 2.37. The first-order valence-corrected chi connectivity index (χ1v) is 9.00. The molecular weight excluding hydrogens is 335 g/mol. The SMILES string of the molecule is CC1(C)OB(c2csc(C(=O)N3CCC(F)(F)CC3)c2)OC1(C)C.